The topological polar surface area (TPSA) is 80.3 Å². The number of sulfone groups is 1. The lowest BCUT2D eigenvalue weighted by Gasteiger charge is -2.22. The van der Waals surface area contributed by atoms with Gasteiger partial charge in [0.1, 0.15) is 0 Å². The lowest BCUT2D eigenvalue weighted by Crippen LogP contribution is -2.34. The fourth-order valence-corrected chi connectivity index (χ4v) is 7.01. The molecule has 3 rings (SSSR count). The van der Waals surface area contributed by atoms with Crippen molar-refractivity contribution in [2.45, 2.75) is 43.0 Å². The van der Waals surface area contributed by atoms with E-state index in [0.29, 0.717) is 5.56 Å². The Bertz CT molecular complexity index is 750. The normalized spacial score (nSPS) is 25.0. The Morgan fingerprint density at radius 2 is 1.77 bits per heavy atom. The molecule has 1 aromatic carbocycles. The SMILES string of the molecule is O=S(=O)(CC1CCCCC1)N[C@@H]1CS(=O)(=O)c2ccccc21. The summed E-state index contributed by atoms with van der Waals surface area (Å²) in [6.07, 6.45) is 5.24. The molecule has 1 saturated carbocycles. The molecule has 0 unspecified atom stereocenters. The average Bonchev–Trinajstić information content (AvgIpc) is 2.70. The van der Waals surface area contributed by atoms with Crippen molar-refractivity contribution in [1.29, 1.82) is 0 Å². The van der Waals surface area contributed by atoms with E-state index in [2.05, 4.69) is 4.72 Å². The molecule has 7 heteroatoms. The van der Waals surface area contributed by atoms with Gasteiger partial charge < -0.3 is 0 Å². The number of hydrogen-bond acceptors (Lipinski definition) is 4. The zero-order chi connectivity index (χ0) is 15.8. The summed E-state index contributed by atoms with van der Waals surface area (Å²) in [6.45, 7) is 0. The molecule has 1 N–H and O–H groups in total. The van der Waals surface area contributed by atoms with Crippen molar-refractivity contribution < 1.29 is 16.8 Å². The minimum Gasteiger partial charge on any atom is -0.224 e. The molecular formula is C15H21NO4S2. The van der Waals surface area contributed by atoms with Gasteiger partial charge >= 0.3 is 0 Å². The Morgan fingerprint density at radius 3 is 2.50 bits per heavy atom. The van der Waals surface area contributed by atoms with Crippen LogP contribution in [0.1, 0.15) is 43.7 Å². The van der Waals surface area contributed by atoms with Gasteiger partial charge in [-0.15, -0.1) is 0 Å². The second-order valence-electron chi connectivity index (χ2n) is 6.28. The number of hydrogen-bond donors (Lipinski definition) is 1. The predicted octanol–water partition coefficient (Wildman–Crippen LogP) is 2.01. The first kappa shape index (κ1) is 16.0. The molecule has 1 heterocycles. The summed E-state index contributed by atoms with van der Waals surface area (Å²) in [5.41, 5.74) is 0.565. The average molecular weight is 343 g/mol. The second kappa shape index (κ2) is 5.94. The highest BCUT2D eigenvalue weighted by Gasteiger charge is 2.37. The molecule has 0 aromatic heterocycles. The van der Waals surface area contributed by atoms with Crippen molar-refractivity contribution in [2.24, 2.45) is 5.92 Å². The largest absolute Gasteiger partial charge is 0.224 e. The molecule has 0 spiro atoms. The Kier molecular flexibility index (Phi) is 4.31. The maximum absolute atomic E-state index is 12.4. The van der Waals surface area contributed by atoms with Crippen LogP contribution in [0.3, 0.4) is 0 Å². The molecule has 0 amide bonds. The highest BCUT2D eigenvalue weighted by Crippen LogP contribution is 2.34. The highest BCUT2D eigenvalue weighted by molar-refractivity contribution is 7.92. The van der Waals surface area contributed by atoms with E-state index in [1.807, 2.05) is 0 Å². The molecule has 1 fully saturated rings. The van der Waals surface area contributed by atoms with E-state index in [4.69, 9.17) is 0 Å². The molecule has 1 aliphatic heterocycles. The number of fused-ring (bicyclic) bond motifs is 1. The Labute approximate surface area is 132 Å². The summed E-state index contributed by atoms with van der Waals surface area (Å²) >= 11 is 0. The van der Waals surface area contributed by atoms with Crippen molar-refractivity contribution in [1.82, 2.24) is 4.72 Å². The Morgan fingerprint density at radius 1 is 1.09 bits per heavy atom. The minimum absolute atomic E-state index is 0.103. The molecule has 122 valence electrons. The van der Waals surface area contributed by atoms with Crippen LogP contribution in [0.5, 0.6) is 0 Å². The standard InChI is InChI=1S/C15H21NO4S2/c17-21(18)11-14(13-8-4-5-9-15(13)21)16-22(19,20)10-12-6-2-1-3-7-12/h4-5,8-9,12,14,16H,1-3,6-7,10-11H2/t14-/m1/s1. The van der Waals surface area contributed by atoms with Crippen LogP contribution < -0.4 is 4.72 Å². The summed E-state index contributed by atoms with van der Waals surface area (Å²) in [4.78, 5) is 0.250. The van der Waals surface area contributed by atoms with Crippen LogP contribution in [0.4, 0.5) is 0 Å². The predicted molar refractivity (Wildman–Crippen MR) is 84.7 cm³/mol. The molecule has 22 heavy (non-hydrogen) atoms. The number of benzene rings is 1. The maximum atomic E-state index is 12.4. The monoisotopic (exact) mass is 343 g/mol. The first-order valence-corrected chi connectivity index (χ1v) is 11.0. The molecule has 1 atom stereocenters. The van der Waals surface area contributed by atoms with Crippen molar-refractivity contribution in [3.8, 4) is 0 Å². The zero-order valence-corrected chi connectivity index (χ0v) is 14.0. The number of sulfonamides is 1. The fraction of sp³-hybridized carbons (Fsp3) is 0.600. The molecular weight excluding hydrogens is 322 g/mol. The Hall–Kier alpha value is -0.920. The second-order valence-corrected chi connectivity index (χ2v) is 10.1. The van der Waals surface area contributed by atoms with Gasteiger partial charge in [-0.1, -0.05) is 37.5 Å². The first-order chi connectivity index (χ1) is 10.4. The molecule has 1 aromatic rings. The van der Waals surface area contributed by atoms with Crippen LogP contribution in [-0.4, -0.2) is 28.3 Å². The molecule has 0 radical (unpaired) electrons. The summed E-state index contributed by atoms with van der Waals surface area (Å²) < 4.78 is 51.6. The van der Waals surface area contributed by atoms with Gasteiger partial charge in [0.05, 0.1) is 22.4 Å². The molecule has 2 aliphatic rings. The first-order valence-electron chi connectivity index (χ1n) is 7.69. The van der Waals surface area contributed by atoms with E-state index in [1.165, 1.54) is 6.42 Å². The summed E-state index contributed by atoms with van der Waals surface area (Å²) in [7, 11) is -6.86. The van der Waals surface area contributed by atoms with Crippen molar-refractivity contribution in [3.05, 3.63) is 29.8 Å². The van der Waals surface area contributed by atoms with Crippen molar-refractivity contribution in [2.75, 3.05) is 11.5 Å². The lowest BCUT2D eigenvalue weighted by molar-refractivity contribution is 0.383. The van der Waals surface area contributed by atoms with Crippen LogP contribution in [-0.2, 0) is 19.9 Å². The van der Waals surface area contributed by atoms with Gasteiger partial charge in [-0.2, -0.15) is 0 Å². The van der Waals surface area contributed by atoms with Crippen molar-refractivity contribution in [3.63, 3.8) is 0 Å². The summed E-state index contributed by atoms with van der Waals surface area (Å²) in [6, 6.07) is 5.97. The minimum atomic E-state index is -3.47. The molecule has 1 aliphatic carbocycles. The van der Waals surface area contributed by atoms with E-state index in [1.54, 1.807) is 24.3 Å². The van der Waals surface area contributed by atoms with Gasteiger partial charge in [0.15, 0.2) is 9.84 Å². The highest BCUT2D eigenvalue weighted by atomic mass is 32.2. The van der Waals surface area contributed by atoms with Gasteiger partial charge in [-0.25, -0.2) is 21.6 Å². The third kappa shape index (κ3) is 3.36. The van der Waals surface area contributed by atoms with E-state index in [0.717, 1.165) is 25.7 Å². The van der Waals surface area contributed by atoms with Gasteiger partial charge in [-0.05, 0) is 30.4 Å². The lowest BCUT2D eigenvalue weighted by atomic mass is 9.91. The van der Waals surface area contributed by atoms with Crippen LogP contribution in [0.25, 0.3) is 0 Å². The van der Waals surface area contributed by atoms with Crippen molar-refractivity contribution >= 4 is 19.9 Å². The van der Waals surface area contributed by atoms with Gasteiger partial charge in [0.25, 0.3) is 0 Å². The van der Waals surface area contributed by atoms with E-state index < -0.39 is 25.9 Å². The number of rotatable bonds is 4. The van der Waals surface area contributed by atoms with E-state index >= 15 is 0 Å². The smallest absolute Gasteiger partial charge is 0.212 e. The summed E-state index contributed by atoms with van der Waals surface area (Å²) in [5.74, 6) is 0.113. The third-order valence-electron chi connectivity index (χ3n) is 4.52. The van der Waals surface area contributed by atoms with Crippen LogP contribution in [0.15, 0.2) is 29.2 Å². The van der Waals surface area contributed by atoms with Gasteiger partial charge in [-0.3, -0.25) is 0 Å². The molecule has 5 nitrogen and oxygen atoms in total. The van der Waals surface area contributed by atoms with Gasteiger partial charge in [0.2, 0.25) is 10.0 Å². The molecule has 0 saturated heterocycles. The fourth-order valence-electron chi connectivity index (χ4n) is 3.48. The Balaban J connectivity index is 1.76. The number of nitrogens with one attached hydrogen (secondary N) is 1. The maximum Gasteiger partial charge on any atom is 0.212 e. The quantitative estimate of drug-likeness (QED) is 0.907. The third-order valence-corrected chi connectivity index (χ3v) is 7.89. The van der Waals surface area contributed by atoms with E-state index in [9.17, 15) is 16.8 Å². The zero-order valence-electron chi connectivity index (χ0n) is 12.4. The van der Waals surface area contributed by atoms with E-state index in [-0.39, 0.29) is 22.3 Å². The van der Waals surface area contributed by atoms with Crippen LogP contribution in [0.2, 0.25) is 0 Å². The van der Waals surface area contributed by atoms with Crippen LogP contribution >= 0.6 is 0 Å². The van der Waals surface area contributed by atoms with Crippen LogP contribution in [0, 0.1) is 5.92 Å². The van der Waals surface area contributed by atoms with Gasteiger partial charge in [0, 0.05) is 0 Å². The molecule has 0 bridgehead atoms. The summed E-state index contributed by atoms with van der Waals surface area (Å²) in [5, 5.41) is 0.